The second kappa shape index (κ2) is 6.20. The average molecular weight is 301 g/mol. The number of aromatic amines is 1. The SMILES string of the molecule is [O-]c1ccc(Cl)cc1C[NH2+]CCc1c[nH]c2ccccc12. The van der Waals surface area contributed by atoms with Gasteiger partial charge in [0, 0.05) is 28.5 Å². The summed E-state index contributed by atoms with van der Waals surface area (Å²) in [4.78, 5) is 3.28. The van der Waals surface area contributed by atoms with Crippen molar-refractivity contribution in [2.75, 3.05) is 6.54 Å². The Morgan fingerprint density at radius 2 is 1.95 bits per heavy atom. The summed E-state index contributed by atoms with van der Waals surface area (Å²) in [5.74, 6) is 0.0581. The lowest BCUT2D eigenvalue weighted by molar-refractivity contribution is -0.670. The van der Waals surface area contributed by atoms with Crippen LogP contribution < -0.4 is 10.4 Å². The Kier molecular flexibility index (Phi) is 4.13. The van der Waals surface area contributed by atoms with Crippen molar-refractivity contribution in [1.29, 1.82) is 0 Å². The van der Waals surface area contributed by atoms with Gasteiger partial charge >= 0.3 is 0 Å². The van der Waals surface area contributed by atoms with Gasteiger partial charge in [0.15, 0.2) is 0 Å². The Bertz CT molecular complexity index is 751. The molecular weight excluding hydrogens is 284 g/mol. The lowest BCUT2D eigenvalue weighted by Crippen LogP contribution is -2.83. The molecule has 0 amide bonds. The van der Waals surface area contributed by atoms with Crippen LogP contribution >= 0.6 is 11.6 Å². The number of rotatable bonds is 5. The van der Waals surface area contributed by atoms with Crippen LogP contribution in [0.1, 0.15) is 11.1 Å². The van der Waals surface area contributed by atoms with Crippen molar-refractivity contribution in [2.45, 2.75) is 13.0 Å². The van der Waals surface area contributed by atoms with E-state index in [4.69, 9.17) is 11.6 Å². The molecule has 0 aliphatic carbocycles. The quantitative estimate of drug-likeness (QED) is 0.697. The van der Waals surface area contributed by atoms with Gasteiger partial charge in [0.05, 0.1) is 6.54 Å². The van der Waals surface area contributed by atoms with E-state index in [1.165, 1.54) is 22.5 Å². The number of para-hydroxylation sites is 1. The fourth-order valence-electron chi connectivity index (χ4n) is 2.56. The minimum atomic E-state index is 0.0581. The van der Waals surface area contributed by atoms with E-state index in [9.17, 15) is 5.11 Å². The first-order valence-electron chi connectivity index (χ1n) is 7.06. The first-order valence-corrected chi connectivity index (χ1v) is 7.44. The van der Waals surface area contributed by atoms with Gasteiger partial charge in [-0.15, -0.1) is 0 Å². The molecule has 0 saturated carbocycles. The van der Waals surface area contributed by atoms with E-state index in [1.807, 2.05) is 6.07 Å². The number of quaternary nitrogens is 1. The van der Waals surface area contributed by atoms with Crippen LogP contribution in [0.5, 0.6) is 5.75 Å². The van der Waals surface area contributed by atoms with E-state index < -0.39 is 0 Å². The highest BCUT2D eigenvalue weighted by molar-refractivity contribution is 6.30. The second-order valence-electron chi connectivity index (χ2n) is 5.14. The molecule has 3 rings (SSSR count). The van der Waals surface area contributed by atoms with Crippen molar-refractivity contribution >= 4 is 22.5 Å². The number of nitrogens with one attached hydrogen (secondary N) is 1. The summed E-state index contributed by atoms with van der Waals surface area (Å²) in [7, 11) is 0. The van der Waals surface area contributed by atoms with Gasteiger partial charge in [0.25, 0.3) is 0 Å². The predicted molar refractivity (Wildman–Crippen MR) is 83.4 cm³/mol. The van der Waals surface area contributed by atoms with Crippen LogP contribution in [0.4, 0.5) is 0 Å². The molecule has 3 nitrogen and oxygen atoms in total. The molecule has 3 N–H and O–H groups in total. The van der Waals surface area contributed by atoms with E-state index in [2.05, 4.69) is 34.7 Å². The maximum atomic E-state index is 11.7. The van der Waals surface area contributed by atoms with Crippen LogP contribution in [0.25, 0.3) is 10.9 Å². The standard InChI is InChI=1S/C17H17ClN2O/c18-14-5-6-17(21)13(9-14)10-19-8-7-12-11-20-16-4-2-1-3-15(12)16/h1-6,9,11,19-21H,7-8,10H2. The lowest BCUT2D eigenvalue weighted by Gasteiger charge is -2.12. The van der Waals surface area contributed by atoms with Crippen LogP contribution in [0, 0.1) is 0 Å². The predicted octanol–water partition coefficient (Wildman–Crippen LogP) is 2.20. The zero-order valence-corrected chi connectivity index (χ0v) is 12.4. The van der Waals surface area contributed by atoms with Gasteiger partial charge in [-0.3, -0.25) is 0 Å². The molecule has 1 aromatic heterocycles. The van der Waals surface area contributed by atoms with Crippen LogP contribution in [0.15, 0.2) is 48.7 Å². The van der Waals surface area contributed by atoms with Crippen LogP contribution in [0.3, 0.4) is 0 Å². The number of halogens is 1. The molecule has 0 aliphatic heterocycles. The van der Waals surface area contributed by atoms with E-state index in [1.54, 1.807) is 12.1 Å². The van der Waals surface area contributed by atoms with Gasteiger partial charge in [0.1, 0.15) is 6.54 Å². The summed E-state index contributed by atoms with van der Waals surface area (Å²) < 4.78 is 0. The number of hydrogen-bond acceptors (Lipinski definition) is 1. The first-order chi connectivity index (χ1) is 10.2. The largest absolute Gasteiger partial charge is 0.872 e. The molecule has 1 heterocycles. The Morgan fingerprint density at radius 3 is 2.86 bits per heavy atom. The van der Waals surface area contributed by atoms with E-state index in [0.717, 1.165) is 18.5 Å². The van der Waals surface area contributed by atoms with Crippen LogP contribution in [0.2, 0.25) is 5.02 Å². The summed E-state index contributed by atoms with van der Waals surface area (Å²) >= 11 is 5.92. The first kappa shape index (κ1) is 14.0. The third-order valence-corrected chi connectivity index (χ3v) is 3.91. The summed E-state index contributed by atoms with van der Waals surface area (Å²) in [6.07, 6.45) is 3.04. The molecule has 0 saturated heterocycles. The molecule has 3 aromatic rings. The van der Waals surface area contributed by atoms with Crippen molar-refractivity contribution in [3.8, 4) is 5.75 Å². The van der Waals surface area contributed by atoms with Gasteiger partial charge < -0.3 is 15.4 Å². The molecule has 0 spiro atoms. The van der Waals surface area contributed by atoms with Crippen molar-refractivity contribution in [3.05, 3.63) is 64.8 Å². The average Bonchev–Trinajstić information content (AvgIpc) is 2.90. The fraction of sp³-hybridized carbons (Fsp3) is 0.176. The van der Waals surface area contributed by atoms with E-state index in [-0.39, 0.29) is 5.75 Å². The van der Waals surface area contributed by atoms with Crippen molar-refractivity contribution < 1.29 is 10.4 Å². The Balaban J connectivity index is 1.58. The van der Waals surface area contributed by atoms with Crippen LogP contribution in [-0.2, 0) is 13.0 Å². The topological polar surface area (TPSA) is 55.5 Å². The number of aromatic nitrogens is 1. The molecule has 2 aromatic carbocycles. The Morgan fingerprint density at radius 1 is 1.10 bits per heavy atom. The fourth-order valence-corrected chi connectivity index (χ4v) is 2.76. The van der Waals surface area contributed by atoms with Gasteiger partial charge in [-0.05, 0) is 29.3 Å². The third-order valence-electron chi connectivity index (χ3n) is 3.68. The van der Waals surface area contributed by atoms with Gasteiger partial charge in [-0.1, -0.05) is 41.6 Å². The molecule has 0 bridgehead atoms. The number of H-pyrrole nitrogens is 1. The molecule has 0 unspecified atom stereocenters. The number of fused-ring (bicyclic) bond motifs is 1. The zero-order valence-electron chi connectivity index (χ0n) is 11.6. The van der Waals surface area contributed by atoms with Gasteiger partial charge in [-0.2, -0.15) is 0 Å². The molecule has 0 fully saturated rings. The highest BCUT2D eigenvalue weighted by Crippen LogP contribution is 2.18. The van der Waals surface area contributed by atoms with Gasteiger partial charge in [0.2, 0.25) is 0 Å². The van der Waals surface area contributed by atoms with Crippen molar-refractivity contribution in [2.24, 2.45) is 0 Å². The molecule has 108 valence electrons. The van der Waals surface area contributed by atoms with Crippen molar-refractivity contribution in [3.63, 3.8) is 0 Å². The summed E-state index contributed by atoms with van der Waals surface area (Å²) in [5, 5.41) is 15.7. The van der Waals surface area contributed by atoms with Crippen molar-refractivity contribution in [1.82, 2.24) is 4.98 Å². The monoisotopic (exact) mass is 300 g/mol. The zero-order chi connectivity index (χ0) is 14.7. The summed E-state index contributed by atoms with van der Waals surface area (Å²) in [6.45, 7) is 1.61. The minimum Gasteiger partial charge on any atom is -0.872 e. The maximum Gasteiger partial charge on any atom is 0.101 e. The third kappa shape index (κ3) is 3.20. The number of hydrogen-bond donors (Lipinski definition) is 2. The molecule has 4 heteroatoms. The highest BCUT2D eigenvalue weighted by Gasteiger charge is 2.04. The number of nitrogens with two attached hydrogens (primary N) is 1. The molecular formula is C17H17ClN2O. The Hall–Kier alpha value is -1.97. The molecule has 0 atom stereocenters. The molecule has 0 aliphatic rings. The second-order valence-corrected chi connectivity index (χ2v) is 5.58. The van der Waals surface area contributed by atoms with E-state index >= 15 is 0 Å². The maximum absolute atomic E-state index is 11.7. The lowest BCUT2D eigenvalue weighted by atomic mass is 10.1. The minimum absolute atomic E-state index is 0.0581. The van der Waals surface area contributed by atoms with Gasteiger partial charge in [-0.25, -0.2) is 0 Å². The highest BCUT2D eigenvalue weighted by atomic mass is 35.5. The normalized spacial score (nSPS) is 11.1. The smallest absolute Gasteiger partial charge is 0.101 e. The van der Waals surface area contributed by atoms with E-state index in [0.29, 0.717) is 11.6 Å². The number of benzene rings is 2. The molecule has 0 radical (unpaired) electrons. The Labute approximate surface area is 128 Å². The summed E-state index contributed by atoms with van der Waals surface area (Å²) in [5.41, 5.74) is 3.25. The van der Waals surface area contributed by atoms with Crippen LogP contribution in [-0.4, -0.2) is 11.5 Å². The summed E-state index contributed by atoms with van der Waals surface area (Å²) in [6, 6.07) is 13.2. The molecule has 21 heavy (non-hydrogen) atoms.